The van der Waals surface area contributed by atoms with E-state index in [-0.39, 0.29) is 12.4 Å². The number of halogens is 1. The van der Waals surface area contributed by atoms with Crippen LogP contribution in [0.5, 0.6) is 5.75 Å². The van der Waals surface area contributed by atoms with Crippen LogP contribution in [-0.2, 0) is 4.74 Å². The van der Waals surface area contributed by atoms with E-state index in [1.54, 1.807) is 42.5 Å². The summed E-state index contributed by atoms with van der Waals surface area (Å²) in [6, 6.07) is 13.5. The molecule has 4 nitrogen and oxygen atoms in total. The fourth-order valence-corrected chi connectivity index (χ4v) is 2.21. The van der Waals surface area contributed by atoms with E-state index >= 15 is 0 Å². The number of benzene rings is 2. The maximum Gasteiger partial charge on any atom is 0.338 e. The van der Waals surface area contributed by atoms with Crippen molar-refractivity contribution in [2.75, 3.05) is 13.2 Å². The van der Waals surface area contributed by atoms with Crippen LogP contribution in [0.1, 0.15) is 27.6 Å². The number of hydrogen-bond donors (Lipinski definition) is 0. The van der Waals surface area contributed by atoms with Crippen molar-refractivity contribution in [3.05, 3.63) is 64.1 Å². The van der Waals surface area contributed by atoms with Crippen molar-refractivity contribution in [2.24, 2.45) is 0 Å². The van der Waals surface area contributed by atoms with E-state index in [1.165, 1.54) is 0 Å². The molecule has 0 unspecified atom stereocenters. The highest BCUT2D eigenvalue weighted by Crippen LogP contribution is 2.14. The Labute approximate surface area is 137 Å². The molecule has 0 heterocycles. The van der Waals surface area contributed by atoms with Crippen LogP contribution in [0.15, 0.2) is 53.0 Å². The summed E-state index contributed by atoms with van der Waals surface area (Å²) < 4.78 is 11.1. The molecular weight excluding hydrogens is 348 g/mol. The Bertz CT molecular complexity index is 665. The number of carbonyl (C=O) groups is 2. The van der Waals surface area contributed by atoms with Gasteiger partial charge in [0, 0.05) is 10.0 Å². The van der Waals surface area contributed by atoms with Gasteiger partial charge in [-0.05, 0) is 43.3 Å². The zero-order valence-corrected chi connectivity index (χ0v) is 13.6. The molecular formula is C17H15BrO4. The molecule has 22 heavy (non-hydrogen) atoms. The van der Waals surface area contributed by atoms with Gasteiger partial charge in [-0.2, -0.15) is 0 Å². The largest absolute Gasteiger partial charge is 0.494 e. The average molecular weight is 363 g/mol. The van der Waals surface area contributed by atoms with Crippen molar-refractivity contribution in [1.82, 2.24) is 0 Å². The van der Waals surface area contributed by atoms with Crippen LogP contribution in [0.3, 0.4) is 0 Å². The summed E-state index contributed by atoms with van der Waals surface area (Å²) in [5.41, 5.74) is 0.874. The van der Waals surface area contributed by atoms with E-state index in [2.05, 4.69) is 15.9 Å². The third-order valence-electron chi connectivity index (χ3n) is 2.88. The number of rotatable bonds is 6. The van der Waals surface area contributed by atoms with Crippen molar-refractivity contribution in [3.63, 3.8) is 0 Å². The van der Waals surface area contributed by atoms with Gasteiger partial charge in [-0.1, -0.05) is 28.1 Å². The summed E-state index contributed by atoms with van der Waals surface area (Å²) in [5.74, 6) is -0.101. The van der Waals surface area contributed by atoms with Gasteiger partial charge < -0.3 is 9.47 Å². The van der Waals surface area contributed by atoms with Gasteiger partial charge in [0.1, 0.15) is 5.75 Å². The Kier molecular flexibility index (Phi) is 5.72. The van der Waals surface area contributed by atoms with Gasteiger partial charge in [0.2, 0.25) is 0 Å². The molecule has 0 spiro atoms. The minimum absolute atomic E-state index is 0.249. The van der Waals surface area contributed by atoms with Crippen LogP contribution in [0.2, 0.25) is 0 Å². The predicted molar refractivity (Wildman–Crippen MR) is 86.4 cm³/mol. The first-order valence-corrected chi connectivity index (χ1v) is 7.58. The van der Waals surface area contributed by atoms with Gasteiger partial charge in [0.15, 0.2) is 12.4 Å². The van der Waals surface area contributed by atoms with Crippen LogP contribution in [0, 0.1) is 0 Å². The minimum Gasteiger partial charge on any atom is -0.494 e. The zero-order chi connectivity index (χ0) is 15.9. The summed E-state index contributed by atoms with van der Waals surface area (Å²) >= 11 is 3.29. The average Bonchev–Trinajstić information content (AvgIpc) is 2.53. The molecule has 0 radical (unpaired) electrons. The third kappa shape index (κ3) is 4.43. The Morgan fingerprint density at radius 1 is 1.05 bits per heavy atom. The summed E-state index contributed by atoms with van der Waals surface area (Å²) in [4.78, 5) is 23.8. The van der Waals surface area contributed by atoms with Crippen LogP contribution < -0.4 is 4.74 Å². The number of ether oxygens (including phenoxy) is 2. The Hall–Kier alpha value is -2.14. The molecule has 0 fully saturated rings. The maximum absolute atomic E-state index is 12.0. The summed E-state index contributed by atoms with van der Waals surface area (Å²) in [6.45, 7) is 2.16. The first-order chi connectivity index (χ1) is 10.6. The molecule has 0 aliphatic rings. The molecule has 0 aromatic heterocycles. The van der Waals surface area contributed by atoms with Crippen LogP contribution in [0.25, 0.3) is 0 Å². The highest BCUT2D eigenvalue weighted by molar-refractivity contribution is 9.10. The molecule has 2 aromatic rings. The number of Topliss-reactive ketones (excluding diaryl/α,β-unsaturated/α-hetero) is 1. The molecule has 0 atom stereocenters. The number of carbonyl (C=O) groups excluding carboxylic acids is 2. The van der Waals surface area contributed by atoms with Crippen molar-refractivity contribution < 1.29 is 19.1 Å². The lowest BCUT2D eigenvalue weighted by Crippen LogP contribution is -2.14. The van der Waals surface area contributed by atoms with Crippen molar-refractivity contribution in [1.29, 1.82) is 0 Å². The highest BCUT2D eigenvalue weighted by Gasteiger charge is 2.12. The summed E-state index contributed by atoms with van der Waals surface area (Å²) in [7, 11) is 0. The Morgan fingerprint density at radius 2 is 1.77 bits per heavy atom. The van der Waals surface area contributed by atoms with Gasteiger partial charge >= 0.3 is 5.97 Å². The summed E-state index contributed by atoms with van der Waals surface area (Å²) in [6.07, 6.45) is 0. The predicted octanol–water partition coefficient (Wildman–Crippen LogP) is 3.89. The van der Waals surface area contributed by atoms with Crippen LogP contribution in [0.4, 0.5) is 0 Å². The van der Waals surface area contributed by atoms with Crippen molar-refractivity contribution >= 4 is 27.7 Å². The topological polar surface area (TPSA) is 52.6 Å². The van der Waals surface area contributed by atoms with Crippen LogP contribution in [-0.4, -0.2) is 25.0 Å². The molecule has 114 valence electrons. The second kappa shape index (κ2) is 7.75. The van der Waals surface area contributed by atoms with Crippen LogP contribution >= 0.6 is 15.9 Å². The highest BCUT2D eigenvalue weighted by atomic mass is 79.9. The molecule has 0 saturated heterocycles. The molecule has 0 amide bonds. The Morgan fingerprint density at radius 3 is 2.41 bits per heavy atom. The van der Waals surface area contributed by atoms with Gasteiger partial charge in [0.25, 0.3) is 0 Å². The fourth-order valence-electron chi connectivity index (χ4n) is 1.81. The molecule has 0 bridgehead atoms. The molecule has 2 aromatic carbocycles. The quantitative estimate of drug-likeness (QED) is 0.577. The minimum atomic E-state index is -0.536. The van der Waals surface area contributed by atoms with E-state index < -0.39 is 5.97 Å². The number of esters is 1. The standard InChI is InChI=1S/C17H15BrO4/c1-2-21-15-8-6-12(7-9-15)17(20)22-11-16(19)13-4-3-5-14(18)10-13/h3-10H,2,11H2,1H3. The second-order valence-electron chi connectivity index (χ2n) is 4.47. The fraction of sp³-hybridized carbons (Fsp3) is 0.176. The van der Waals surface area contributed by atoms with Gasteiger partial charge in [-0.25, -0.2) is 4.79 Å². The maximum atomic E-state index is 12.0. The van der Waals surface area contributed by atoms with E-state index in [0.29, 0.717) is 23.5 Å². The van der Waals surface area contributed by atoms with Gasteiger partial charge in [-0.15, -0.1) is 0 Å². The molecule has 0 aliphatic heterocycles. The molecule has 2 rings (SSSR count). The van der Waals surface area contributed by atoms with Gasteiger partial charge in [-0.3, -0.25) is 4.79 Å². The van der Waals surface area contributed by atoms with E-state index in [1.807, 2.05) is 13.0 Å². The number of hydrogen-bond acceptors (Lipinski definition) is 4. The summed E-state index contributed by atoms with van der Waals surface area (Å²) in [5, 5.41) is 0. The first kappa shape index (κ1) is 16.2. The van der Waals surface area contributed by atoms with E-state index in [9.17, 15) is 9.59 Å². The molecule has 5 heteroatoms. The SMILES string of the molecule is CCOc1ccc(C(=O)OCC(=O)c2cccc(Br)c2)cc1. The Balaban J connectivity index is 1.93. The van der Waals surface area contributed by atoms with Crippen molar-refractivity contribution in [2.45, 2.75) is 6.92 Å². The van der Waals surface area contributed by atoms with E-state index in [0.717, 1.165) is 4.47 Å². The molecule has 0 aliphatic carbocycles. The lowest BCUT2D eigenvalue weighted by Gasteiger charge is -2.06. The molecule has 0 saturated carbocycles. The number of ketones is 1. The molecule has 0 N–H and O–H groups in total. The van der Waals surface area contributed by atoms with Gasteiger partial charge in [0.05, 0.1) is 12.2 Å². The monoisotopic (exact) mass is 362 g/mol. The normalized spacial score (nSPS) is 10.1. The lowest BCUT2D eigenvalue weighted by molar-refractivity contribution is 0.0474. The first-order valence-electron chi connectivity index (χ1n) is 6.79. The lowest BCUT2D eigenvalue weighted by atomic mass is 10.1. The smallest absolute Gasteiger partial charge is 0.338 e. The third-order valence-corrected chi connectivity index (χ3v) is 3.38. The van der Waals surface area contributed by atoms with E-state index in [4.69, 9.17) is 9.47 Å². The van der Waals surface area contributed by atoms with Crippen molar-refractivity contribution in [3.8, 4) is 5.75 Å². The zero-order valence-electron chi connectivity index (χ0n) is 12.0. The second-order valence-corrected chi connectivity index (χ2v) is 5.38.